The van der Waals surface area contributed by atoms with Crippen LogP contribution in [0.25, 0.3) is 0 Å². The summed E-state index contributed by atoms with van der Waals surface area (Å²) in [6.07, 6.45) is 3.28. The summed E-state index contributed by atoms with van der Waals surface area (Å²) in [5.41, 5.74) is 2.06. The van der Waals surface area contributed by atoms with Crippen molar-refractivity contribution in [3.05, 3.63) is 54.0 Å². The molecule has 0 unspecified atom stereocenters. The van der Waals surface area contributed by atoms with Crippen molar-refractivity contribution in [2.75, 3.05) is 5.75 Å². The van der Waals surface area contributed by atoms with Crippen molar-refractivity contribution >= 4 is 9.84 Å². The Kier molecular flexibility index (Phi) is 4.85. The predicted octanol–water partition coefficient (Wildman–Crippen LogP) is 3.10. The van der Waals surface area contributed by atoms with Gasteiger partial charge in [0.15, 0.2) is 9.84 Å². The number of furan rings is 1. The Hall–Kier alpha value is -1.59. The molecule has 0 aliphatic rings. The Labute approximate surface area is 126 Å². The number of hydrogen-bond donors (Lipinski definition) is 1. The van der Waals surface area contributed by atoms with Crippen LogP contribution in [0.2, 0.25) is 0 Å². The SMILES string of the molecule is Cc1ccc(S(=O)(=O)C[C@H](C)N[C@@H](C)c2ccoc2)cc1. The summed E-state index contributed by atoms with van der Waals surface area (Å²) < 4.78 is 29.8. The van der Waals surface area contributed by atoms with Gasteiger partial charge < -0.3 is 9.73 Å². The lowest BCUT2D eigenvalue weighted by molar-refractivity contribution is 0.491. The van der Waals surface area contributed by atoms with E-state index in [0.29, 0.717) is 4.90 Å². The van der Waals surface area contributed by atoms with Gasteiger partial charge in [-0.1, -0.05) is 17.7 Å². The van der Waals surface area contributed by atoms with E-state index >= 15 is 0 Å². The normalized spacial score (nSPS) is 14.8. The standard InChI is InChI=1S/C16H21NO3S/c1-12-4-6-16(7-5-12)21(18,19)11-13(2)17-14(3)15-8-9-20-10-15/h4-10,13-14,17H,11H2,1-3H3/t13-,14-/m0/s1. The molecule has 2 rings (SSSR count). The molecule has 0 amide bonds. The molecule has 2 atom stereocenters. The molecule has 1 heterocycles. The molecule has 0 spiro atoms. The maximum absolute atomic E-state index is 12.4. The first-order valence-corrected chi connectivity index (χ1v) is 8.61. The summed E-state index contributed by atoms with van der Waals surface area (Å²) in [5, 5.41) is 3.28. The molecule has 2 aromatic rings. The first kappa shape index (κ1) is 15.8. The Morgan fingerprint density at radius 2 is 1.81 bits per heavy atom. The van der Waals surface area contributed by atoms with Gasteiger partial charge in [0.05, 0.1) is 23.2 Å². The lowest BCUT2D eigenvalue weighted by atomic mass is 10.1. The fraction of sp³-hybridized carbons (Fsp3) is 0.375. The summed E-state index contributed by atoms with van der Waals surface area (Å²) in [5.74, 6) is 0.0677. The first-order chi connectivity index (χ1) is 9.88. The molecule has 1 aromatic carbocycles. The zero-order valence-corrected chi connectivity index (χ0v) is 13.4. The number of sulfone groups is 1. The highest BCUT2D eigenvalue weighted by Crippen LogP contribution is 2.16. The van der Waals surface area contributed by atoms with Gasteiger partial charge in [0.1, 0.15) is 0 Å². The number of nitrogens with one attached hydrogen (secondary N) is 1. The smallest absolute Gasteiger partial charge is 0.179 e. The average Bonchev–Trinajstić information content (AvgIpc) is 2.92. The second kappa shape index (κ2) is 6.45. The van der Waals surface area contributed by atoms with Crippen LogP contribution in [0.3, 0.4) is 0 Å². The van der Waals surface area contributed by atoms with Gasteiger partial charge in [-0.15, -0.1) is 0 Å². The topological polar surface area (TPSA) is 59.3 Å². The van der Waals surface area contributed by atoms with Gasteiger partial charge >= 0.3 is 0 Å². The molecule has 0 bridgehead atoms. The lowest BCUT2D eigenvalue weighted by Crippen LogP contribution is -2.34. The van der Waals surface area contributed by atoms with Crippen LogP contribution in [-0.4, -0.2) is 20.2 Å². The number of rotatable bonds is 6. The predicted molar refractivity (Wildman–Crippen MR) is 83.0 cm³/mol. The summed E-state index contributed by atoms with van der Waals surface area (Å²) in [6.45, 7) is 5.80. The Bertz CT molecular complexity index is 660. The summed E-state index contributed by atoms with van der Waals surface area (Å²) in [6, 6.07) is 8.73. The van der Waals surface area contributed by atoms with E-state index < -0.39 is 9.84 Å². The highest BCUT2D eigenvalue weighted by molar-refractivity contribution is 7.91. The van der Waals surface area contributed by atoms with Gasteiger partial charge in [-0.3, -0.25) is 0 Å². The Morgan fingerprint density at radius 3 is 2.38 bits per heavy atom. The summed E-state index contributed by atoms with van der Waals surface area (Å²) in [7, 11) is -3.28. The van der Waals surface area contributed by atoms with Crippen molar-refractivity contribution < 1.29 is 12.8 Å². The van der Waals surface area contributed by atoms with Crippen LogP contribution >= 0.6 is 0 Å². The minimum atomic E-state index is -3.28. The van der Waals surface area contributed by atoms with Crippen molar-refractivity contribution in [2.24, 2.45) is 0 Å². The van der Waals surface area contributed by atoms with Crippen molar-refractivity contribution in [3.8, 4) is 0 Å². The third-order valence-electron chi connectivity index (χ3n) is 3.43. The molecule has 21 heavy (non-hydrogen) atoms. The van der Waals surface area contributed by atoms with E-state index in [2.05, 4.69) is 5.32 Å². The van der Waals surface area contributed by atoms with E-state index in [9.17, 15) is 8.42 Å². The Morgan fingerprint density at radius 1 is 1.14 bits per heavy atom. The summed E-state index contributed by atoms with van der Waals surface area (Å²) in [4.78, 5) is 0.373. The van der Waals surface area contributed by atoms with E-state index in [1.165, 1.54) is 0 Å². The average molecular weight is 307 g/mol. The quantitative estimate of drug-likeness (QED) is 0.891. The fourth-order valence-electron chi connectivity index (χ4n) is 2.26. The largest absolute Gasteiger partial charge is 0.472 e. The molecular weight excluding hydrogens is 286 g/mol. The van der Waals surface area contributed by atoms with Crippen LogP contribution in [-0.2, 0) is 9.84 Å². The number of aryl methyl sites for hydroxylation is 1. The van der Waals surface area contributed by atoms with Crippen LogP contribution in [0.4, 0.5) is 0 Å². The van der Waals surface area contributed by atoms with Crippen LogP contribution in [0.1, 0.15) is 31.0 Å². The molecule has 0 radical (unpaired) electrons. The van der Waals surface area contributed by atoms with Crippen molar-refractivity contribution in [1.82, 2.24) is 5.32 Å². The van der Waals surface area contributed by atoms with Crippen molar-refractivity contribution in [1.29, 1.82) is 0 Å². The van der Waals surface area contributed by atoms with Crippen molar-refractivity contribution in [3.63, 3.8) is 0 Å². The number of hydrogen-bond acceptors (Lipinski definition) is 4. The molecule has 0 aliphatic heterocycles. The zero-order valence-electron chi connectivity index (χ0n) is 12.5. The Balaban J connectivity index is 2.01. The second-order valence-corrected chi connectivity index (χ2v) is 7.47. The van der Waals surface area contributed by atoms with Crippen LogP contribution < -0.4 is 5.32 Å². The molecule has 0 fully saturated rings. The van der Waals surface area contributed by atoms with Crippen LogP contribution in [0, 0.1) is 6.92 Å². The van der Waals surface area contributed by atoms with E-state index in [1.54, 1.807) is 24.7 Å². The molecule has 0 aliphatic carbocycles. The number of benzene rings is 1. The summed E-state index contributed by atoms with van der Waals surface area (Å²) >= 11 is 0. The van der Waals surface area contributed by atoms with E-state index in [-0.39, 0.29) is 17.8 Å². The maximum Gasteiger partial charge on any atom is 0.179 e. The monoisotopic (exact) mass is 307 g/mol. The van der Waals surface area contributed by atoms with Gasteiger partial charge in [0.2, 0.25) is 0 Å². The molecule has 5 heteroatoms. The van der Waals surface area contributed by atoms with Crippen LogP contribution in [0.15, 0.2) is 52.2 Å². The van der Waals surface area contributed by atoms with Crippen molar-refractivity contribution in [2.45, 2.75) is 37.8 Å². The molecular formula is C16H21NO3S. The first-order valence-electron chi connectivity index (χ1n) is 6.96. The minimum Gasteiger partial charge on any atom is -0.472 e. The highest BCUT2D eigenvalue weighted by Gasteiger charge is 2.20. The lowest BCUT2D eigenvalue weighted by Gasteiger charge is -2.19. The zero-order chi connectivity index (χ0) is 15.5. The van der Waals surface area contributed by atoms with E-state index in [0.717, 1.165) is 11.1 Å². The van der Waals surface area contributed by atoms with Gasteiger partial charge in [0.25, 0.3) is 0 Å². The van der Waals surface area contributed by atoms with E-state index in [1.807, 2.05) is 39.0 Å². The second-order valence-electron chi connectivity index (χ2n) is 5.44. The molecule has 1 N–H and O–H groups in total. The van der Waals surface area contributed by atoms with E-state index in [4.69, 9.17) is 4.42 Å². The maximum atomic E-state index is 12.4. The van der Waals surface area contributed by atoms with Gasteiger partial charge in [-0.2, -0.15) is 0 Å². The third kappa shape index (κ3) is 4.19. The molecule has 4 nitrogen and oxygen atoms in total. The third-order valence-corrected chi connectivity index (χ3v) is 5.36. The molecule has 114 valence electrons. The van der Waals surface area contributed by atoms with Crippen LogP contribution in [0.5, 0.6) is 0 Å². The van der Waals surface area contributed by atoms with Gasteiger partial charge in [-0.25, -0.2) is 8.42 Å². The molecule has 0 saturated heterocycles. The molecule has 1 aromatic heterocycles. The van der Waals surface area contributed by atoms with Gasteiger partial charge in [-0.05, 0) is 39.0 Å². The van der Waals surface area contributed by atoms with Gasteiger partial charge in [0, 0.05) is 17.6 Å². The fourth-order valence-corrected chi connectivity index (χ4v) is 3.76. The molecule has 0 saturated carbocycles. The minimum absolute atomic E-state index is 0.0481. The highest BCUT2D eigenvalue weighted by atomic mass is 32.2.